The van der Waals surface area contributed by atoms with Gasteiger partial charge in [-0.15, -0.1) is 0 Å². The lowest BCUT2D eigenvalue weighted by molar-refractivity contribution is -0.121. The van der Waals surface area contributed by atoms with E-state index in [9.17, 15) is 9.59 Å². The van der Waals surface area contributed by atoms with Gasteiger partial charge in [0.05, 0.1) is 11.9 Å². The summed E-state index contributed by atoms with van der Waals surface area (Å²) in [7, 11) is 0. The van der Waals surface area contributed by atoms with E-state index in [0.717, 1.165) is 22.9 Å². The number of nitrogens with one attached hydrogen (secondary N) is 1. The lowest BCUT2D eigenvalue weighted by Gasteiger charge is -2.32. The van der Waals surface area contributed by atoms with Gasteiger partial charge in [0.15, 0.2) is 0 Å². The van der Waals surface area contributed by atoms with E-state index in [1.54, 1.807) is 29.6 Å². The van der Waals surface area contributed by atoms with Crippen LogP contribution in [-0.4, -0.2) is 34.4 Å². The second kappa shape index (κ2) is 6.92. The van der Waals surface area contributed by atoms with Crippen molar-refractivity contribution in [3.63, 3.8) is 0 Å². The van der Waals surface area contributed by atoms with Crippen LogP contribution >= 0.6 is 0 Å². The number of benzene rings is 1. The van der Waals surface area contributed by atoms with E-state index < -0.39 is 6.04 Å². The minimum absolute atomic E-state index is 0.113. The van der Waals surface area contributed by atoms with Gasteiger partial charge in [-0.2, -0.15) is 0 Å². The van der Waals surface area contributed by atoms with Gasteiger partial charge in [-0.05, 0) is 36.4 Å². The summed E-state index contributed by atoms with van der Waals surface area (Å²) in [5.41, 5.74) is 1.09. The number of amides is 2. The quantitative estimate of drug-likeness (QED) is 0.791. The highest BCUT2D eigenvalue weighted by Gasteiger charge is 2.31. The van der Waals surface area contributed by atoms with Gasteiger partial charge < -0.3 is 10.2 Å². The molecule has 1 N–H and O–H groups in total. The van der Waals surface area contributed by atoms with E-state index in [-0.39, 0.29) is 11.8 Å². The molecule has 1 atom stereocenters. The molecule has 0 unspecified atom stereocenters. The Labute approximate surface area is 150 Å². The second-order valence-electron chi connectivity index (χ2n) is 6.25. The molecule has 130 valence electrons. The highest BCUT2D eigenvalue weighted by atomic mass is 16.2. The fraction of sp³-hybridized carbons (Fsp3) is 0.200. The van der Waals surface area contributed by atoms with Crippen molar-refractivity contribution < 1.29 is 9.59 Å². The van der Waals surface area contributed by atoms with Crippen LogP contribution in [0, 0.1) is 0 Å². The standard InChI is InChI=1S/C20H18N4O2/c25-19(18-16-7-2-1-5-14(16)9-11-22-18)23-17-8-4-12-24(20(17)26)15-6-3-10-21-13-15/h1-3,5-7,9-11,13,17H,4,8,12H2,(H,23,25)/t17-/m0/s1. The van der Waals surface area contributed by atoms with Crippen LogP contribution in [-0.2, 0) is 4.79 Å². The zero-order valence-corrected chi connectivity index (χ0v) is 14.1. The van der Waals surface area contributed by atoms with Crippen molar-refractivity contribution in [3.05, 3.63) is 66.7 Å². The molecule has 6 nitrogen and oxygen atoms in total. The van der Waals surface area contributed by atoms with Gasteiger partial charge >= 0.3 is 0 Å². The molecule has 0 spiro atoms. The number of anilines is 1. The molecule has 6 heteroatoms. The van der Waals surface area contributed by atoms with Crippen molar-refractivity contribution >= 4 is 28.3 Å². The molecule has 1 aromatic carbocycles. The molecule has 1 saturated heterocycles. The van der Waals surface area contributed by atoms with Gasteiger partial charge in [-0.25, -0.2) is 0 Å². The number of piperidine rings is 1. The smallest absolute Gasteiger partial charge is 0.271 e. The number of aromatic nitrogens is 2. The summed E-state index contributed by atoms with van der Waals surface area (Å²) in [4.78, 5) is 35.6. The minimum atomic E-state index is -0.558. The zero-order chi connectivity index (χ0) is 17.9. The first-order valence-corrected chi connectivity index (χ1v) is 8.60. The average Bonchev–Trinajstić information content (AvgIpc) is 2.70. The molecule has 1 aliphatic heterocycles. The highest BCUT2D eigenvalue weighted by Crippen LogP contribution is 2.21. The number of fused-ring (bicyclic) bond motifs is 1. The van der Waals surface area contributed by atoms with Crippen LogP contribution in [0.3, 0.4) is 0 Å². The van der Waals surface area contributed by atoms with Crippen molar-refractivity contribution in [1.82, 2.24) is 15.3 Å². The Morgan fingerprint density at radius 2 is 2.00 bits per heavy atom. The highest BCUT2D eigenvalue weighted by molar-refractivity contribution is 6.07. The fourth-order valence-corrected chi connectivity index (χ4v) is 3.31. The van der Waals surface area contributed by atoms with Crippen LogP contribution < -0.4 is 10.2 Å². The molecular weight excluding hydrogens is 328 g/mol. The summed E-state index contributed by atoms with van der Waals surface area (Å²) in [6.45, 7) is 0.628. The largest absolute Gasteiger partial charge is 0.339 e. The van der Waals surface area contributed by atoms with Crippen molar-refractivity contribution in [2.24, 2.45) is 0 Å². The van der Waals surface area contributed by atoms with Crippen LogP contribution in [0.5, 0.6) is 0 Å². The van der Waals surface area contributed by atoms with Gasteiger partial charge in [-0.1, -0.05) is 24.3 Å². The van der Waals surface area contributed by atoms with Gasteiger partial charge in [0.1, 0.15) is 11.7 Å². The number of hydrogen-bond donors (Lipinski definition) is 1. The van der Waals surface area contributed by atoms with Crippen molar-refractivity contribution in [2.45, 2.75) is 18.9 Å². The van der Waals surface area contributed by atoms with E-state index >= 15 is 0 Å². The monoisotopic (exact) mass is 346 g/mol. The first-order chi connectivity index (χ1) is 12.7. The molecule has 0 bridgehead atoms. The summed E-state index contributed by atoms with van der Waals surface area (Å²) in [5, 5.41) is 4.59. The Balaban J connectivity index is 1.56. The van der Waals surface area contributed by atoms with E-state index in [1.807, 2.05) is 36.4 Å². The van der Waals surface area contributed by atoms with E-state index in [4.69, 9.17) is 0 Å². The molecule has 3 heterocycles. The van der Waals surface area contributed by atoms with E-state index in [2.05, 4.69) is 15.3 Å². The second-order valence-corrected chi connectivity index (χ2v) is 6.25. The maximum atomic E-state index is 12.8. The molecule has 0 radical (unpaired) electrons. The maximum absolute atomic E-state index is 12.8. The number of carbonyl (C=O) groups excluding carboxylic acids is 2. The zero-order valence-electron chi connectivity index (χ0n) is 14.1. The molecule has 1 fully saturated rings. The SMILES string of the molecule is O=C(N[C@H]1CCCN(c2cccnc2)C1=O)c1nccc2ccccc12. The minimum Gasteiger partial charge on any atom is -0.339 e. The van der Waals surface area contributed by atoms with Crippen LogP contribution in [0.1, 0.15) is 23.3 Å². The maximum Gasteiger partial charge on any atom is 0.271 e. The Hall–Kier alpha value is -3.28. The lowest BCUT2D eigenvalue weighted by Crippen LogP contribution is -2.52. The third-order valence-corrected chi connectivity index (χ3v) is 4.59. The van der Waals surface area contributed by atoms with Crippen LogP contribution in [0.15, 0.2) is 61.1 Å². The molecule has 0 aliphatic carbocycles. The van der Waals surface area contributed by atoms with Crippen molar-refractivity contribution in [1.29, 1.82) is 0 Å². The Bertz CT molecular complexity index is 953. The fourth-order valence-electron chi connectivity index (χ4n) is 3.31. The molecule has 0 saturated carbocycles. The Kier molecular flexibility index (Phi) is 4.31. The van der Waals surface area contributed by atoms with Gasteiger partial charge in [-0.3, -0.25) is 19.6 Å². The van der Waals surface area contributed by atoms with Crippen molar-refractivity contribution in [3.8, 4) is 0 Å². The Morgan fingerprint density at radius 1 is 1.12 bits per heavy atom. The molecule has 4 rings (SSSR count). The third kappa shape index (κ3) is 3.01. The first-order valence-electron chi connectivity index (χ1n) is 8.60. The van der Waals surface area contributed by atoms with Gasteiger partial charge in [0.25, 0.3) is 5.91 Å². The van der Waals surface area contributed by atoms with Crippen LogP contribution in [0.25, 0.3) is 10.8 Å². The first kappa shape index (κ1) is 16.2. The number of pyridine rings is 2. The van der Waals surface area contributed by atoms with E-state index in [1.165, 1.54) is 0 Å². The molecule has 2 aromatic heterocycles. The van der Waals surface area contributed by atoms with Crippen LogP contribution in [0.2, 0.25) is 0 Å². The summed E-state index contributed by atoms with van der Waals surface area (Å²) in [6.07, 6.45) is 6.38. The number of hydrogen-bond acceptors (Lipinski definition) is 4. The predicted molar refractivity (Wildman–Crippen MR) is 98.8 cm³/mol. The third-order valence-electron chi connectivity index (χ3n) is 4.59. The number of carbonyl (C=O) groups is 2. The normalized spacial score (nSPS) is 17.3. The van der Waals surface area contributed by atoms with Gasteiger partial charge in [0, 0.05) is 24.3 Å². The number of rotatable bonds is 3. The molecule has 1 aliphatic rings. The molecule has 26 heavy (non-hydrogen) atoms. The summed E-state index contributed by atoms with van der Waals surface area (Å²) in [6, 6.07) is 12.5. The molecule has 3 aromatic rings. The summed E-state index contributed by atoms with van der Waals surface area (Å²) in [5.74, 6) is -0.439. The Morgan fingerprint density at radius 3 is 2.85 bits per heavy atom. The number of nitrogens with zero attached hydrogens (tertiary/aromatic N) is 3. The summed E-state index contributed by atoms with van der Waals surface area (Å²) >= 11 is 0. The van der Waals surface area contributed by atoms with E-state index in [0.29, 0.717) is 18.7 Å². The molecule has 2 amide bonds. The van der Waals surface area contributed by atoms with Gasteiger partial charge in [0.2, 0.25) is 5.91 Å². The van der Waals surface area contributed by atoms with Crippen molar-refractivity contribution in [2.75, 3.05) is 11.4 Å². The average molecular weight is 346 g/mol. The molecular formula is C20H18N4O2. The van der Waals surface area contributed by atoms with Crippen LogP contribution in [0.4, 0.5) is 5.69 Å². The predicted octanol–water partition coefficient (Wildman–Crippen LogP) is 2.56. The summed E-state index contributed by atoms with van der Waals surface area (Å²) < 4.78 is 0. The lowest BCUT2D eigenvalue weighted by atomic mass is 10.0. The topological polar surface area (TPSA) is 75.2 Å².